The van der Waals surface area contributed by atoms with Crippen molar-refractivity contribution in [3.63, 3.8) is 0 Å². The van der Waals surface area contributed by atoms with Crippen molar-refractivity contribution < 1.29 is 4.79 Å². The number of para-hydroxylation sites is 1. The summed E-state index contributed by atoms with van der Waals surface area (Å²) in [6.45, 7) is 0. The van der Waals surface area contributed by atoms with E-state index in [4.69, 9.17) is 0 Å². The second-order valence-corrected chi connectivity index (χ2v) is 4.07. The molecular weight excluding hydrogens is 254 g/mol. The fourth-order valence-corrected chi connectivity index (χ4v) is 1.71. The van der Waals surface area contributed by atoms with Gasteiger partial charge in [0.05, 0.1) is 5.56 Å². The highest BCUT2D eigenvalue weighted by Gasteiger charge is 2.07. The molecule has 0 saturated heterocycles. The normalized spacial score (nSPS) is 10.2. The quantitative estimate of drug-likeness (QED) is 0.785. The Balaban J connectivity index is 1.76. The minimum absolute atomic E-state index is 0.200. The lowest BCUT2D eigenvalue weighted by Crippen LogP contribution is -2.12. The van der Waals surface area contributed by atoms with Crippen molar-refractivity contribution in [2.75, 3.05) is 5.32 Å². The number of hydrogen-bond acceptors (Lipinski definition) is 4. The molecule has 0 aliphatic carbocycles. The zero-order valence-electron chi connectivity index (χ0n) is 10.5. The van der Waals surface area contributed by atoms with Crippen LogP contribution in [0.15, 0.2) is 61.3 Å². The number of benzene rings is 1. The SMILES string of the molecule is O=C(Nc1ccccc1)c1ccc(-n2cncn2)nc1. The Labute approximate surface area is 115 Å². The molecule has 0 radical (unpaired) electrons. The Morgan fingerprint density at radius 2 is 1.95 bits per heavy atom. The summed E-state index contributed by atoms with van der Waals surface area (Å²) in [5, 5.41) is 6.77. The van der Waals surface area contributed by atoms with Gasteiger partial charge in [0.15, 0.2) is 5.82 Å². The van der Waals surface area contributed by atoms with E-state index >= 15 is 0 Å². The molecule has 6 heteroatoms. The number of carbonyl (C=O) groups is 1. The summed E-state index contributed by atoms with van der Waals surface area (Å²) in [4.78, 5) is 20.1. The van der Waals surface area contributed by atoms with Crippen LogP contribution in [-0.2, 0) is 0 Å². The molecular formula is C14H11N5O. The van der Waals surface area contributed by atoms with Gasteiger partial charge >= 0.3 is 0 Å². The molecule has 0 spiro atoms. The van der Waals surface area contributed by atoms with E-state index in [2.05, 4.69) is 20.4 Å². The summed E-state index contributed by atoms with van der Waals surface area (Å²) in [6.07, 6.45) is 4.49. The molecule has 20 heavy (non-hydrogen) atoms. The van der Waals surface area contributed by atoms with Crippen LogP contribution in [0.3, 0.4) is 0 Å². The second kappa shape index (κ2) is 5.31. The largest absolute Gasteiger partial charge is 0.322 e. The molecule has 1 aromatic carbocycles. The smallest absolute Gasteiger partial charge is 0.257 e. The van der Waals surface area contributed by atoms with Crippen LogP contribution < -0.4 is 5.32 Å². The lowest BCUT2D eigenvalue weighted by atomic mass is 10.2. The number of anilines is 1. The van der Waals surface area contributed by atoms with Crippen molar-refractivity contribution in [3.8, 4) is 5.82 Å². The lowest BCUT2D eigenvalue weighted by Gasteiger charge is -2.05. The van der Waals surface area contributed by atoms with Crippen LogP contribution in [0.2, 0.25) is 0 Å². The van der Waals surface area contributed by atoms with Gasteiger partial charge in [-0.05, 0) is 24.3 Å². The van der Waals surface area contributed by atoms with E-state index in [0.717, 1.165) is 5.69 Å². The van der Waals surface area contributed by atoms with E-state index in [-0.39, 0.29) is 5.91 Å². The van der Waals surface area contributed by atoms with E-state index in [9.17, 15) is 4.79 Å². The van der Waals surface area contributed by atoms with Gasteiger partial charge in [-0.3, -0.25) is 4.79 Å². The van der Waals surface area contributed by atoms with Crippen LogP contribution in [0.4, 0.5) is 5.69 Å². The summed E-state index contributed by atoms with van der Waals surface area (Å²) >= 11 is 0. The van der Waals surface area contributed by atoms with Crippen LogP contribution in [0.5, 0.6) is 0 Å². The average Bonchev–Trinajstić information content (AvgIpc) is 3.03. The summed E-state index contributed by atoms with van der Waals surface area (Å²) in [5.41, 5.74) is 1.23. The summed E-state index contributed by atoms with van der Waals surface area (Å²) in [5.74, 6) is 0.410. The summed E-state index contributed by atoms with van der Waals surface area (Å²) < 4.78 is 1.53. The van der Waals surface area contributed by atoms with Gasteiger partial charge in [0.2, 0.25) is 0 Å². The maximum Gasteiger partial charge on any atom is 0.257 e. The summed E-state index contributed by atoms with van der Waals surface area (Å²) in [7, 11) is 0. The maximum absolute atomic E-state index is 12.0. The molecule has 0 atom stereocenters. The van der Waals surface area contributed by atoms with Crippen LogP contribution in [0.25, 0.3) is 5.82 Å². The zero-order valence-corrected chi connectivity index (χ0v) is 10.5. The zero-order chi connectivity index (χ0) is 13.8. The van der Waals surface area contributed by atoms with Crippen LogP contribution in [0.1, 0.15) is 10.4 Å². The number of nitrogens with zero attached hydrogens (tertiary/aromatic N) is 4. The highest BCUT2D eigenvalue weighted by Crippen LogP contribution is 2.09. The Bertz CT molecular complexity index is 692. The van der Waals surface area contributed by atoms with E-state index in [0.29, 0.717) is 11.4 Å². The van der Waals surface area contributed by atoms with Gasteiger partial charge < -0.3 is 5.32 Å². The highest BCUT2D eigenvalue weighted by molar-refractivity contribution is 6.04. The van der Waals surface area contributed by atoms with Gasteiger partial charge in [0, 0.05) is 11.9 Å². The molecule has 2 heterocycles. The first kappa shape index (κ1) is 12.0. The number of carbonyl (C=O) groups excluding carboxylic acids is 1. The maximum atomic E-state index is 12.0. The van der Waals surface area contributed by atoms with Crippen LogP contribution >= 0.6 is 0 Å². The fourth-order valence-electron chi connectivity index (χ4n) is 1.71. The molecule has 3 aromatic rings. The molecule has 0 fully saturated rings. The molecule has 1 amide bonds. The lowest BCUT2D eigenvalue weighted by molar-refractivity contribution is 0.102. The van der Waals surface area contributed by atoms with Gasteiger partial charge in [0.25, 0.3) is 5.91 Å². The van der Waals surface area contributed by atoms with Crippen LogP contribution in [0, 0.1) is 0 Å². The van der Waals surface area contributed by atoms with Crippen molar-refractivity contribution in [1.29, 1.82) is 0 Å². The molecule has 0 aliphatic rings. The third kappa shape index (κ3) is 2.54. The fraction of sp³-hybridized carbons (Fsp3) is 0. The molecule has 0 aliphatic heterocycles. The molecule has 0 bridgehead atoms. The third-order valence-electron chi connectivity index (χ3n) is 2.70. The minimum atomic E-state index is -0.200. The van der Waals surface area contributed by atoms with Crippen molar-refractivity contribution in [3.05, 3.63) is 66.9 Å². The first-order chi connectivity index (χ1) is 9.83. The van der Waals surface area contributed by atoms with E-state index in [1.54, 1.807) is 18.5 Å². The predicted molar refractivity (Wildman–Crippen MR) is 73.5 cm³/mol. The number of nitrogens with one attached hydrogen (secondary N) is 1. The van der Waals surface area contributed by atoms with Crippen LogP contribution in [-0.4, -0.2) is 25.7 Å². The molecule has 3 rings (SSSR count). The first-order valence-electron chi connectivity index (χ1n) is 6.00. The standard InChI is InChI=1S/C14H11N5O/c20-14(18-12-4-2-1-3-5-12)11-6-7-13(16-8-11)19-10-15-9-17-19/h1-10H,(H,18,20). The van der Waals surface area contributed by atoms with Crippen molar-refractivity contribution >= 4 is 11.6 Å². The Morgan fingerprint density at radius 1 is 1.10 bits per heavy atom. The van der Waals surface area contributed by atoms with Gasteiger partial charge in [-0.25, -0.2) is 14.6 Å². The third-order valence-corrected chi connectivity index (χ3v) is 2.70. The van der Waals surface area contributed by atoms with Gasteiger partial charge in [-0.15, -0.1) is 0 Å². The predicted octanol–water partition coefficient (Wildman–Crippen LogP) is 1.91. The first-order valence-corrected chi connectivity index (χ1v) is 6.00. The topological polar surface area (TPSA) is 72.7 Å². The van der Waals surface area contributed by atoms with E-state index in [1.165, 1.54) is 17.2 Å². The molecule has 1 N–H and O–H groups in total. The van der Waals surface area contributed by atoms with Gasteiger partial charge in [-0.1, -0.05) is 18.2 Å². The van der Waals surface area contributed by atoms with Gasteiger partial charge in [-0.2, -0.15) is 5.10 Å². The molecule has 0 saturated carbocycles. The number of aromatic nitrogens is 4. The Hall–Kier alpha value is -3.02. The van der Waals surface area contributed by atoms with Gasteiger partial charge in [0.1, 0.15) is 12.7 Å². The number of pyridine rings is 1. The Kier molecular flexibility index (Phi) is 3.20. The average molecular weight is 265 g/mol. The molecule has 6 nitrogen and oxygen atoms in total. The highest BCUT2D eigenvalue weighted by atomic mass is 16.1. The monoisotopic (exact) mass is 265 g/mol. The van der Waals surface area contributed by atoms with Crippen molar-refractivity contribution in [1.82, 2.24) is 19.7 Å². The summed E-state index contributed by atoms with van der Waals surface area (Å²) in [6, 6.07) is 12.7. The molecule has 0 unspecified atom stereocenters. The van der Waals surface area contributed by atoms with Crippen molar-refractivity contribution in [2.45, 2.75) is 0 Å². The van der Waals surface area contributed by atoms with Crippen molar-refractivity contribution in [2.24, 2.45) is 0 Å². The number of rotatable bonds is 3. The molecule has 2 aromatic heterocycles. The minimum Gasteiger partial charge on any atom is -0.322 e. The number of amides is 1. The van der Waals surface area contributed by atoms with E-state index in [1.807, 2.05) is 30.3 Å². The number of hydrogen-bond donors (Lipinski definition) is 1. The second-order valence-electron chi connectivity index (χ2n) is 4.07. The Morgan fingerprint density at radius 3 is 2.60 bits per heavy atom. The molecule has 98 valence electrons. The van der Waals surface area contributed by atoms with E-state index < -0.39 is 0 Å².